The van der Waals surface area contributed by atoms with Crippen LogP contribution >= 0.6 is 8.03 Å². The van der Waals surface area contributed by atoms with Gasteiger partial charge >= 0.3 is 19.2 Å². The standard InChI is InChI=1S/C33H30FNO5P/c1-6-33(22(4)36,41(38)39-5)32(37)40-31-28(24-17-19-26(34)20-18-24)27(23-13-9-7-10-14-23)30(35-29(31)21(2)3)25-15-11-8-12-16-25/h1,7-22,36H,2-5H3/q+1. The Kier molecular flexibility index (Phi) is 9.10. The number of carbonyl (C=O) groups is 1. The van der Waals surface area contributed by atoms with Crippen LogP contribution in [0.1, 0.15) is 32.4 Å². The highest BCUT2D eigenvalue weighted by atomic mass is 31.1. The first-order valence-corrected chi connectivity index (χ1v) is 14.2. The van der Waals surface area contributed by atoms with E-state index in [9.17, 15) is 18.9 Å². The molecule has 208 valence electrons. The van der Waals surface area contributed by atoms with Gasteiger partial charge in [-0.15, -0.1) is 10.9 Å². The minimum atomic E-state index is -2.87. The van der Waals surface area contributed by atoms with E-state index < -0.39 is 31.1 Å². The summed E-state index contributed by atoms with van der Waals surface area (Å²) in [6, 6.07) is 24.8. The maximum absolute atomic E-state index is 14.1. The second-order valence-electron chi connectivity index (χ2n) is 9.73. The highest BCUT2D eigenvalue weighted by Crippen LogP contribution is 2.49. The zero-order chi connectivity index (χ0) is 29.7. The van der Waals surface area contributed by atoms with Crippen LogP contribution in [0.3, 0.4) is 0 Å². The fourth-order valence-corrected chi connectivity index (χ4v) is 5.50. The molecule has 4 aromatic rings. The van der Waals surface area contributed by atoms with Gasteiger partial charge in [-0.2, -0.15) is 0 Å². The van der Waals surface area contributed by atoms with Crippen molar-refractivity contribution in [1.82, 2.24) is 4.98 Å². The van der Waals surface area contributed by atoms with Crippen LogP contribution in [0.25, 0.3) is 33.5 Å². The van der Waals surface area contributed by atoms with Crippen molar-refractivity contribution < 1.29 is 28.1 Å². The number of esters is 1. The lowest BCUT2D eigenvalue weighted by Crippen LogP contribution is -2.46. The molecule has 8 heteroatoms. The van der Waals surface area contributed by atoms with Gasteiger partial charge in [0.2, 0.25) is 0 Å². The van der Waals surface area contributed by atoms with Crippen LogP contribution < -0.4 is 4.74 Å². The second kappa shape index (κ2) is 12.5. The molecule has 0 saturated heterocycles. The van der Waals surface area contributed by atoms with Gasteiger partial charge in [-0.3, -0.25) is 0 Å². The van der Waals surface area contributed by atoms with Crippen LogP contribution in [0, 0.1) is 18.2 Å². The topological polar surface area (TPSA) is 85.7 Å². The zero-order valence-corrected chi connectivity index (χ0v) is 24.1. The Morgan fingerprint density at radius 1 is 0.927 bits per heavy atom. The summed E-state index contributed by atoms with van der Waals surface area (Å²) in [4.78, 5) is 18.9. The van der Waals surface area contributed by atoms with Crippen molar-refractivity contribution in [2.75, 3.05) is 7.11 Å². The van der Waals surface area contributed by atoms with E-state index in [1.807, 2.05) is 74.5 Å². The Labute approximate surface area is 240 Å². The van der Waals surface area contributed by atoms with Crippen molar-refractivity contribution in [3.05, 3.63) is 96.4 Å². The van der Waals surface area contributed by atoms with Gasteiger partial charge in [0.1, 0.15) is 11.9 Å². The van der Waals surface area contributed by atoms with Gasteiger partial charge in [-0.1, -0.05) is 86.6 Å². The van der Waals surface area contributed by atoms with Gasteiger partial charge < -0.3 is 9.84 Å². The first kappa shape index (κ1) is 29.8. The summed E-state index contributed by atoms with van der Waals surface area (Å²) >= 11 is 0. The van der Waals surface area contributed by atoms with Crippen LogP contribution in [-0.2, 0) is 13.9 Å². The number of hydrogen-bond acceptors (Lipinski definition) is 6. The van der Waals surface area contributed by atoms with Crippen LogP contribution in [0.4, 0.5) is 4.39 Å². The van der Waals surface area contributed by atoms with Gasteiger partial charge in [0.25, 0.3) is 0 Å². The summed E-state index contributed by atoms with van der Waals surface area (Å²) in [7, 11) is -1.74. The summed E-state index contributed by atoms with van der Waals surface area (Å²) < 4.78 is 38.1. The average molecular weight is 571 g/mol. The van der Waals surface area contributed by atoms with E-state index in [1.54, 1.807) is 12.1 Å². The van der Waals surface area contributed by atoms with E-state index in [4.69, 9.17) is 20.7 Å². The number of aliphatic hydroxyl groups excluding tert-OH is 1. The lowest BCUT2D eigenvalue weighted by molar-refractivity contribution is -0.138. The number of ether oxygens (including phenoxy) is 1. The summed E-state index contributed by atoms with van der Waals surface area (Å²) in [5.74, 6) is 0.423. The molecule has 0 amide bonds. The molecule has 3 unspecified atom stereocenters. The second-order valence-corrected chi connectivity index (χ2v) is 11.3. The van der Waals surface area contributed by atoms with Crippen molar-refractivity contribution in [3.63, 3.8) is 0 Å². The molecule has 0 radical (unpaired) electrons. The van der Waals surface area contributed by atoms with Crippen LogP contribution in [0.5, 0.6) is 5.75 Å². The van der Waals surface area contributed by atoms with Gasteiger partial charge in [-0.05, 0) is 46.6 Å². The Bertz CT molecular complexity index is 1600. The number of halogens is 1. The Balaban J connectivity index is 2.15. The lowest BCUT2D eigenvalue weighted by Gasteiger charge is -2.25. The average Bonchev–Trinajstić information content (AvgIpc) is 2.98. The zero-order valence-electron chi connectivity index (χ0n) is 23.2. The Hall–Kier alpha value is -4.21. The predicted molar refractivity (Wildman–Crippen MR) is 158 cm³/mol. The number of benzene rings is 3. The van der Waals surface area contributed by atoms with E-state index in [0.29, 0.717) is 28.1 Å². The molecule has 0 saturated carbocycles. The summed E-state index contributed by atoms with van der Waals surface area (Å²) in [6.45, 7) is 5.04. The smallest absolute Gasteiger partial charge is 0.419 e. The molecule has 41 heavy (non-hydrogen) atoms. The maximum Gasteiger partial charge on any atom is 0.542 e. The quantitative estimate of drug-likeness (QED) is 0.128. The van der Waals surface area contributed by atoms with Crippen LogP contribution in [-0.4, -0.2) is 34.4 Å². The number of carbonyl (C=O) groups excluding carboxylic acids is 1. The first-order valence-electron chi connectivity index (χ1n) is 13.0. The van der Waals surface area contributed by atoms with Crippen LogP contribution in [0.2, 0.25) is 0 Å². The lowest BCUT2D eigenvalue weighted by atomic mass is 9.88. The molecule has 3 aromatic carbocycles. The molecule has 4 rings (SSSR count). The molecular weight excluding hydrogens is 540 g/mol. The van der Waals surface area contributed by atoms with Gasteiger partial charge in [0, 0.05) is 16.7 Å². The third kappa shape index (κ3) is 5.68. The Morgan fingerprint density at radius 3 is 1.95 bits per heavy atom. The number of nitrogens with zero attached hydrogens (tertiary/aromatic N) is 1. The number of terminal acetylenes is 1. The number of hydrogen-bond donors (Lipinski definition) is 1. The molecule has 0 fully saturated rings. The summed E-state index contributed by atoms with van der Waals surface area (Å²) in [5.41, 5.74) is 4.28. The maximum atomic E-state index is 14.1. The third-order valence-corrected chi connectivity index (χ3v) is 8.35. The molecule has 1 N–H and O–H groups in total. The third-order valence-electron chi connectivity index (χ3n) is 6.75. The molecule has 0 aliphatic heterocycles. The molecular formula is C33H30FNO5P+. The largest absolute Gasteiger partial charge is 0.542 e. The SMILES string of the molecule is C#CC(C(=O)Oc1c(C(C)C)nc(-c2ccccc2)c(-c2ccccc2)c1-c1ccc(F)cc1)(C(C)O)[P+](=O)OC. The van der Waals surface area contributed by atoms with Crippen molar-refractivity contribution >= 4 is 14.0 Å². The van der Waals surface area contributed by atoms with Crippen molar-refractivity contribution in [2.24, 2.45) is 0 Å². The van der Waals surface area contributed by atoms with E-state index in [0.717, 1.165) is 18.2 Å². The monoisotopic (exact) mass is 570 g/mol. The van der Waals surface area contributed by atoms with E-state index in [1.165, 1.54) is 19.1 Å². The molecule has 0 aliphatic carbocycles. The van der Waals surface area contributed by atoms with E-state index in [2.05, 4.69) is 5.92 Å². The molecule has 3 atom stereocenters. The molecule has 0 aliphatic rings. The highest BCUT2D eigenvalue weighted by Gasteiger charge is 2.63. The molecule has 0 bridgehead atoms. The van der Waals surface area contributed by atoms with Gasteiger partial charge in [0.15, 0.2) is 5.75 Å². The minimum Gasteiger partial charge on any atom is -0.419 e. The normalized spacial score (nSPS) is 13.7. The van der Waals surface area contributed by atoms with Gasteiger partial charge in [-0.25, -0.2) is 14.2 Å². The summed E-state index contributed by atoms with van der Waals surface area (Å²) in [6.07, 6.45) is 4.13. The van der Waals surface area contributed by atoms with Gasteiger partial charge in [0.05, 0.1) is 18.5 Å². The van der Waals surface area contributed by atoms with Crippen molar-refractivity contribution in [2.45, 2.75) is 37.9 Å². The van der Waals surface area contributed by atoms with Crippen LogP contribution in [0.15, 0.2) is 84.9 Å². The fraction of sp³-hybridized carbons (Fsp3) is 0.212. The minimum absolute atomic E-state index is 0.0647. The molecule has 1 heterocycles. The molecule has 6 nitrogen and oxygen atoms in total. The Morgan fingerprint density at radius 2 is 1.46 bits per heavy atom. The number of rotatable bonds is 9. The number of aliphatic hydroxyl groups is 1. The van der Waals surface area contributed by atoms with Crippen molar-refractivity contribution in [3.8, 4) is 51.6 Å². The van der Waals surface area contributed by atoms with E-state index >= 15 is 0 Å². The summed E-state index contributed by atoms with van der Waals surface area (Å²) in [5, 5.41) is 8.28. The first-order chi connectivity index (χ1) is 19.6. The van der Waals surface area contributed by atoms with Crippen molar-refractivity contribution in [1.29, 1.82) is 0 Å². The molecule has 0 spiro atoms. The molecule has 1 aromatic heterocycles. The number of aromatic nitrogens is 1. The predicted octanol–water partition coefficient (Wildman–Crippen LogP) is 7.39. The fourth-order valence-electron chi connectivity index (χ4n) is 4.61. The van der Waals surface area contributed by atoms with E-state index in [-0.39, 0.29) is 11.7 Å². The highest BCUT2D eigenvalue weighted by molar-refractivity contribution is 7.43. The number of pyridine rings is 1.